The van der Waals surface area contributed by atoms with E-state index >= 15 is 0 Å². The summed E-state index contributed by atoms with van der Waals surface area (Å²) in [6, 6.07) is 4.04. The SMILES string of the molecule is O=Cc1c(-c2ccc(Cl)c(Cl)c2)nn2c1CN(C(=O)NC1CC(F)(F)C1)CC2. The molecule has 2 amide bonds. The Morgan fingerprint density at radius 1 is 1.25 bits per heavy atom. The van der Waals surface area contributed by atoms with Crippen LogP contribution in [0.4, 0.5) is 13.6 Å². The molecule has 1 N–H and O–H groups in total. The van der Waals surface area contributed by atoms with Gasteiger partial charge in [-0.3, -0.25) is 9.48 Å². The Morgan fingerprint density at radius 3 is 2.64 bits per heavy atom. The predicted molar refractivity (Wildman–Crippen MR) is 100.0 cm³/mol. The lowest BCUT2D eigenvalue weighted by Gasteiger charge is -2.37. The van der Waals surface area contributed by atoms with E-state index in [9.17, 15) is 18.4 Å². The summed E-state index contributed by atoms with van der Waals surface area (Å²) in [5.74, 6) is -2.70. The van der Waals surface area contributed by atoms with Crippen LogP contribution in [0.2, 0.25) is 10.0 Å². The topological polar surface area (TPSA) is 67.2 Å². The molecule has 0 bridgehead atoms. The second-order valence-corrected chi connectivity index (χ2v) is 7.83. The van der Waals surface area contributed by atoms with Crippen molar-refractivity contribution in [2.45, 2.75) is 37.9 Å². The third kappa shape index (κ3) is 3.46. The van der Waals surface area contributed by atoms with Crippen LogP contribution in [0.5, 0.6) is 0 Å². The highest BCUT2D eigenvalue weighted by Gasteiger charge is 2.46. The first-order valence-electron chi connectivity index (χ1n) is 8.71. The number of aldehydes is 1. The third-order valence-electron chi connectivity index (χ3n) is 5.04. The molecule has 1 saturated carbocycles. The van der Waals surface area contributed by atoms with E-state index in [-0.39, 0.29) is 19.4 Å². The fourth-order valence-electron chi connectivity index (χ4n) is 3.52. The number of nitrogens with zero attached hydrogens (tertiary/aromatic N) is 3. The standard InChI is InChI=1S/C18H16Cl2F2N4O2/c19-13-2-1-10(5-14(13)20)16-12(9-27)15-8-25(3-4-26(15)24-16)17(28)23-11-6-18(21,22)7-11/h1-2,5,9,11H,3-4,6-8H2,(H,23,28). The Hall–Kier alpha value is -2.19. The fraction of sp³-hybridized carbons (Fsp3) is 0.389. The van der Waals surface area contributed by atoms with Gasteiger partial charge < -0.3 is 10.2 Å². The van der Waals surface area contributed by atoms with Gasteiger partial charge >= 0.3 is 6.03 Å². The normalized spacial score (nSPS) is 18.4. The molecule has 148 valence electrons. The van der Waals surface area contributed by atoms with Gasteiger partial charge in [-0.15, -0.1) is 0 Å². The molecule has 0 spiro atoms. The molecule has 1 aromatic heterocycles. The number of benzene rings is 1. The minimum atomic E-state index is -2.70. The molecular weight excluding hydrogens is 413 g/mol. The van der Waals surface area contributed by atoms with Crippen molar-refractivity contribution in [1.29, 1.82) is 0 Å². The lowest BCUT2D eigenvalue weighted by Crippen LogP contribution is -2.54. The van der Waals surface area contributed by atoms with E-state index in [4.69, 9.17) is 23.2 Å². The van der Waals surface area contributed by atoms with Gasteiger partial charge in [0.05, 0.1) is 34.4 Å². The van der Waals surface area contributed by atoms with E-state index in [1.807, 2.05) is 0 Å². The molecule has 0 radical (unpaired) electrons. The molecule has 28 heavy (non-hydrogen) atoms. The highest BCUT2D eigenvalue weighted by atomic mass is 35.5. The van der Waals surface area contributed by atoms with Crippen molar-refractivity contribution in [3.05, 3.63) is 39.5 Å². The first kappa shape index (κ1) is 19.1. The van der Waals surface area contributed by atoms with E-state index in [0.29, 0.717) is 51.9 Å². The quantitative estimate of drug-likeness (QED) is 0.751. The van der Waals surface area contributed by atoms with Crippen LogP contribution in [0, 0.1) is 0 Å². The van der Waals surface area contributed by atoms with Gasteiger partial charge in [0.1, 0.15) is 5.69 Å². The van der Waals surface area contributed by atoms with Crippen molar-refractivity contribution >= 4 is 35.5 Å². The molecule has 1 fully saturated rings. The second-order valence-electron chi connectivity index (χ2n) is 7.01. The zero-order chi connectivity index (χ0) is 20.1. The summed E-state index contributed by atoms with van der Waals surface area (Å²) in [5, 5.41) is 7.85. The number of alkyl halides is 2. The van der Waals surface area contributed by atoms with Gasteiger partial charge in [-0.25, -0.2) is 13.6 Å². The molecule has 2 heterocycles. The molecular formula is C18H16Cl2F2N4O2. The van der Waals surface area contributed by atoms with E-state index in [1.54, 1.807) is 22.9 Å². The van der Waals surface area contributed by atoms with Crippen LogP contribution < -0.4 is 5.32 Å². The second kappa shape index (κ2) is 7.00. The van der Waals surface area contributed by atoms with Crippen molar-refractivity contribution in [2.24, 2.45) is 0 Å². The molecule has 1 aliphatic carbocycles. The molecule has 1 aromatic carbocycles. The van der Waals surface area contributed by atoms with Crippen molar-refractivity contribution < 1.29 is 18.4 Å². The number of carbonyl (C=O) groups is 2. The van der Waals surface area contributed by atoms with Crippen molar-refractivity contribution in [2.75, 3.05) is 6.54 Å². The number of nitrogens with one attached hydrogen (secondary N) is 1. The van der Waals surface area contributed by atoms with Crippen LogP contribution in [-0.4, -0.2) is 45.5 Å². The molecule has 2 aromatic rings. The Morgan fingerprint density at radius 2 is 2.00 bits per heavy atom. The summed E-state index contributed by atoms with van der Waals surface area (Å²) in [6.45, 7) is 0.922. The maximum absolute atomic E-state index is 13.0. The van der Waals surface area contributed by atoms with Crippen LogP contribution >= 0.6 is 23.2 Å². The van der Waals surface area contributed by atoms with Crippen LogP contribution in [0.3, 0.4) is 0 Å². The number of rotatable bonds is 3. The minimum Gasteiger partial charge on any atom is -0.335 e. The van der Waals surface area contributed by atoms with Crippen LogP contribution in [0.1, 0.15) is 28.9 Å². The summed E-state index contributed by atoms with van der Waals surface area (Å²) < 4.78 is 27.6. The van der Waals surface area contributed by atoms with Crippen LogP contribution in [0.25, 0.3) is 11.3 Å². The average molecular weight is 429 g/mol. The number of hydrogen-bond donors (Lipinski definition) is 1. The first-order chi connectivity index (χ1) is 13.3. The first-order valence-corrected chi connectivity index (χ1v) is 9.46. The summed E-state index contributed by atoms with van der Waals surface area (Å²) >= 11 is 12.0. The molecule has 0 atom stereocenters. The molecule has 6 nitrogen and oxygen atoms in total. The molecule has 0 saturated heterocycles. The Bertz CT molecular complexity index is 955. The zero-order valence-corrected chi connectivity index (χ0v) is 16.1. The lowest BCUT2D eigenvalue weighted by atomic mass is 9.88. The number of fused-ring (bicyclic) bond motifs is 1. The van der Waals surface area contributed by atoms with E-state index in [1.165, 1.54) is 4.90 Å². The van der Waals surface area contributed by atoms with E-state index < -0.39 is 18.0 Å². The Kier molecular flexibility index (Phi) is 4.79. The maximum atomic E-state index is 13.0. The molecule has 10 heteroatoms. The van der Waals surface area contributed by atoms with Gasteiger partial charge in [-0.1, -0.05) is 29.3 Å². The number of aromatic nitrogens is 2. The van der Waals surface area contributed by atoms with Crippen LogP contribution in [-0.2, 0) is 13.1 Å². The summed E-state index contributed by atoms with van der Waals surface area (Å²) in [7, 11) is 0. The maximum Gasteiger partial charge on any atom is 0.318 e. The van der Waals surface area contributed by atoms with Crippen molar-refractivity contribution in [3.63, 3.8) is 0 Å². The van der Waals surface area contributed by atoms with Gasteiger partial charge in [-0.2, -0.15) is 5.10 Å². The van der Waals surface area contributed by atoms with Gasteiger partial charge in [-0.05, 0) is 12.1 Å². The van der Waals surface area contributed by atoms with E-state index in [2.05, 4.69) is 10.4 Å². The van der Waals surface area contributed by atoms with Gasteiger partial charge in [0.2, 0.25) is 0 Å². The van der Waals surface area contributed by atoms with Crippen LogP contribution in [0.15, 0.2) is 18.2 Å². The van der Waals surface area contributed by atoms with Gasteiger partial charge in [0, 0.05) is 31.0 Å². The van der Waals surface area contributed by atoms with Gasteiger partial charge in [0.15, 0.2) is 6.29 Å². The summed E-state index contributed by atoms with van der Waals surface area (Å²) in [6.07, 6.45) is 0.0156. The predicted octanol–water partition coefficient (Wildman–Crippen LogP) is 3.99. The highest BCUT2D eigenvalue weighted by Crippen LogP contribution is 2.37. The average Bonchev–Trinajstić information content (AvgIpc) is 3.00. The largest absolute Gasteiger partial charge is 0.335 e. The monoisotopic (exact) mass is 428 g/mol. The summed E-state index contributed by atoms with van der Waals surface area (Å²) in [4.78, 5) is 25.7. The Labute approximate surface area is 169 Å². The fourth-order valence-corrected chi connectivity index (χ4v) is 3.82. The molecule has 1 aliphatic heterocycles. The lowest BCUT2D eigenvalue weighted by molar-refractivity contribution is -0.0903. The van der Waals surface area contributed by atoms with Crippen molar-refractivity contribution in [1.82, 2.24) is 20.0 Å². The zero-order valence-electron chi connectivity index (χ0n) is 14.6. The smallest absolute Gasteiger partial charge is 0.318 e. The number of carbonyl (C=O) groups excluding carboxylic acids is 2. The minimum absolute atomic E-state index is 0.164. The van der Waals surface area contributed by atoms with E-state index in [0.717, 1.165) is 0 Å². The summed E-state index contributed by atoms with van der Waals surface area (Å²) in [5.41, 5.74) is 2.07. The number of hydrogen-bond acceptors (Lipinski definition) is 3. The number of amides is 2. The molecule has 0 unspecified atom stereocenters. The third-order valence-corrected chi connectivity index (χ3v) is 5.78. The van der Waals surface area contributed by atoms with Crippen molar-refractivity contribution in [3.8, 4) is 11.3 Å². The molecule has 2 aliphatic rings. The van der Waals surface area contributed by atoms with Gasteiger partial charge in [0.25, 0.3) is 5.92 Å². The highest BCUT2D eigenvalue weighted by molar-refractivity contribution is 6.42. The molecule has 4 rings (SSSR count). The number of urea groups is 1. The number of halogens is 4. The Balaban J connectivity index is 1.55.